The molecule has 8 heteroatoms. The molecule has 0 saturated carbocycles. The maximum absolute atomic E-state index is 13.1. The second-order valence-corrected chi connectivity index (χ2v) is 7.28. The fraction of sp³-hybridized carbons (Fsp3) is 0.318. The smallest absolute Gasteiger partial charge is 0.332 e. The van der Waals surface area contributed by atoms with Crippen LogP contribution in [0.2, 0.25) is 0 Å². The van der Waals surface area contributed by atoms with Crippen molar-refractivity contribution in [3.8, 4) is 11.5 Å². The van der Waals surface area contributed by atoms with Gasteiger partial charge < -0.3 is 14.8 Å². The quantitative estimate of drug-likeness (QED) is 0.674. The van der Waals surface area contributed by atoms with E-state index in [2.05, 4.69) is 5.32 Å². The van der Waals surface area contributed by atoms with Gasteiger partial charge in [-0.25, -0.2) is 4.79 Å². The number of aromatic nitrogens is 2. The van der Waals surface area contributed by atoms with E-state index >= 15 is 0 Å². The van der Waals surface area contributed by atoms with Crippen LogP contribution < -0.4 is 26.0 Å². The van der Waals surface area contributed by atoms with E-state index in [1.54, 1.807) is 30.3 Å². The summed E-state index contributed by atoms with van der Waals surface area (Å²) >= 11 is 0. The largest absolute Gasteiger partial charge is 0.454 e. The number of benzene rings is 2. The molecule has 1 N–H and O–H groups in total. The Morgan fingerprint density at radius 2 is 1.90 bits per heavy atom. The van der Waals surface area contributed by atoms with E-state index in [0.717, 1.165) is 5.56 Å². The molecule has 0 radical (unpaired) electrons. The van der Waals surface area contributed by atoms with Crippen LogP contribution in [0.1, 0.15) is 31.9 Å². The van der Waals surface area contributed by atoms with Gasteiger partial charge in [0, 0.05) is 12.6 Å². The van der Waals surface area contributed by atoms with Gasteiger partial charge in [0.1, 0.15) is 6.54 Å². The van der Waals surface area contributed by atoms with Gasteiger partial charge >= 0.3 is 5.69 Å². The van der Waals surface area contributed by atoms with E-state index in [9.17, 15) is 14.4 Å². The number of amides is 1. The SMILES string of the molecule is CCC(C)n1c(=O)c2ccccc2n(CC(=O)NCc2ccc3c(c2)OCO3)c1=O. The maximum atomic E-state index is 13.1. The van der Waals surface area contributed by atoms with Crippen LogP contribution in [0.5, 0.6) is 11.5 Å². The summed E-state index contributed by atoms with van der Waals surface area (Å²) in [5, 5.41) is 3.24. The third-order valence-electron chi connectivity index (χ3n) is 5.34. The Bertz CT molecular complexity index is 1230. The van der Waals surface area contributed by atoms with Crippen molar-refractivity contribution in [2.75, 3.05) is 6.79 Å². The van der Waals surface area contributed by atoms with Crippen LogP contribution in [0.3, 0.4) is 0 Å². The number of hydrogen-bond acceptors (Lipinski definition) is 5. The molecule has 2 heterocycles. The lowest BCUT2D eigenvalue weighted by atomic mass is 10.2. The predicted octanol–water partition coefficient (Wildman–Crippen LogP) is 2.18. The van der Waals surface area contributed by atoms with Gasteiger partial charge in [-0.3, -0.25) is 18.7 Å². The summed E-state index contributed by atoms with van der Waals surface area (Å²) in [5.74, 6) is 0.995. The first-order valence-corrected chi connectivity index (χ1v) is 9.89. The number of carbonyl (C=O) groups excluding carboxylic acids is 1. The van der Waals surface area contributed by atoms with Crippen molar-refractivity contribution in [2.24, 2.45) is 0 Å². The van der Waals surface area contributed by atoms with Gasteiger partial charge in [0.05, 0.1) is 10.9 Å². The van der Waals surface area contributed by atoms with Gasteiger partial charge in [-0.05, 0) is 43.2 Å². The Kier molecular flexibility index (Phi) is 5.31. The lowest BCUT2D eigenvalue weighted by Crippen LogP contribution is -2.43. The molecule has 1 aliphatic heterocycles. The van der Waals surface area contributed by atoms with Crippen molar-refractivity contribution in [2.45, 2.75) is 39.4 Å². The number of ether oxygens (including phenoxy) is 2. The van der Waals surface area contributed by atoms with Crippen LogP contribution in [0, 0.1) is 0 Å². The summed E-state index contributed by atoms with van der Waals surface area (Å²) in [6.07, 6.45) is 0.629. The van der Waals surface area contributed by atoms with Crippen molar-refractivity contribution in [3.05, 3.63) is 68.9 Å². The van der Waals surface area contributed by atoms with Crippen molar-refractivity contribution in [1.29, 1.82) is 0 Å². The van der Waals surface area contributed by atoms with E-state index in [0.29, 0.717) is 28.8 Å². The molecule has 0 fully saturated rings. The molecule has 1 aromatic heterocycles. The standard InChI is InChI=1S/C22H23N3O5/c1-3-14(2)25-21(27)16-6-4-5-7-17(16)24(22(25)28)12-20(26)23-11-15-8-9-18-19(10-15)30-13-29-18/h4-10,14H,3,11-13H2,1-2H3,(H,23,26). The molecule has 1 amide bonds. The fourth-order valence-corrected chi connectivity index (χ4v) is 3.51. The molecule has 4 rings (SSSR count). The van der Waals surface area contributed by atoms with E-state index in [-0.39, 0.29) is 37.4 Å². The minimum absolute atomic E-state index is 0.180. The lowest BCUT2D eigenvalue weighted by Gasteiger charge is -2.17. The molecule has 1 unspecified atom stereocenters. The van der Waals surface area contributed by atoms with E-state index in [4.69, 9.17) is 9.47 Å². The van der Waals surface area contributed by atoms with Crippen molar-refractivity contribution in [1.82, 2.24) is 14.5 Å². The van der Waals surface area contributed by atoms with Gasteiger partial charge in [0.2, 0.25) is 12.7 Å². The zero-order valence-corrected chi connectivity index (χ0v) is 16.9. The molecule has 1 atom stereocenters. The fourth-order valence-electron chi connectivity index (χ4n) is 3.51. The van der Waals surface area contributed by atoms with Gasteiger partial charge in [0.25, 0.3) is 5.56 Å². The molecule has 30 heavy (non-hydrogen) atoms. The normalized spacial score (nSPS) is 13.4. The van der Waals surface area contributed by atoms with Crippen molar-refractivity contribution >= 4 is 16.8 Å². The van der Waals surface area contributed by atoms with Gasteiger partial charge in [-0.1, -0.05) is 25.1 Å². The summed E-state index contributed by atoms with van der Waals surface area (Å²) in [6.45, 7) is 4.02. The molecule has 0 bridgehead atoms. The summed E-state index contributed by atoms with van der Waals surface area (Å²) < 4.78 is 13.2. The first-order chi connectivity index (χ1) is 14.5. The minimum atomic E-state index is -0.480. The third kappa shape index (κ3) is 3.56. The Balaban J connectivity index is 1.60. The second kappa shape index (κ2) is 8.06. The zero-order valence-electron chi connectivity index (χ0n) is 16.9. The predicted molar refractivity (Wildman–Crippen MR) is 112 cm³/mol. The molecule has 8 nitrogen and oxygen atoms in total. The molecule has 2 aromatic carbocycles. The Hall–Kier alpha value is -3.55. The molecule has 1 aliphatic rings. The summed E-state index contributed by atoms with van der Waals surface area (Å²) in [5.41, 5.74) is 0.493. The number of nitrogens with one attached hydrogen (secondary N) is 1. The maximum Gasteiger partial charge on any atom is 0.332 e. The summed E-state index contributed by atoms with van der Waals surface area (Å²) in [4.78, 5) is 38.5. The Labute approximate surface area is 172 Å². The molecular formula is C22H23N3O5. The topological polar surface area (TPSA) is 91.6 Å². The van der Waals surface area contributed by atoms with Crippen LogP contribution in [0.4, 0.5) is 0 Å². The summed E-state index contributed by atoms with van der Waals surface area (Å²) in [7, 11) is 0. The molecule has 156 valence electrons. The average Bonchev–Trinajstić information content (AvgIpc) is 3.23. The summed E-state index contributed by atoms with van der Waals surface area (Å²) in [6, 6.07) is 12.0. The molecule has 3 aromatic rings. The van der Waals surface area contributed by atoms with Crippen LogP contribution in [0.15, 0.2) is 52.1 Å². The van der Waals surface area contributed by atoms with Crippen molar-refractivity contribution < 1.29 is 14.3 Å². The molecular weight excluding hydrogens is 386 g/mol. The highest BCUT2D eigenvalue weighted by molar-refractivity contribution is 5.81. The zero-order chi connectivity index (χ0) is 21.3. The van der Waals surface area contributed by atoms with Crippen molar-refractivity contribution in [3.63, 3.8) is 0 Å². The van der Waals surface area contributed by atoms with Crippen LogP contribution in [-0.4, -0.2) is 21.8 Å². The first-order valence-electron chi connectivity index (χ1n) is 9.89. The number of para-hydroxylation sites is 1. The Morgan fingerprint density at radius 3 is 2.70 bits per heavy atom. The average molecular weight is 409 g/mol. The molecule has 0 spiro atoms. The van der Waals surface area contributed by atoms with Gasteiger partial charge in [-0.15, -0.1) is 0 Å². The van der Waals surface area contributed by atoms with Crippen LogP contribution >= 0.6 is 0 Å². The first kappa shape index (κ1) is 19.8. The number of hydrogen-bond donors (Lipinski definition) is 1. The Morgan fingerprint density at radius 1 is 1.13 bits per heavy atom. The number of rotatable bonds is 6. The van der Waals surface area contributed by atoms with E-state index in [1.807, 2.05) is 26.0 Å². The van der Waals surface area contributed by atoms with E-state index < -0.39 is 5.69 Å². The molecule has 0 aliphatic carbocycles. The molecule has 0 saturated heterocycles. The monoisotopic (exact) mass is 409 g/mol. The highest BCUT2D eigenvalue weighted by atomic mass is 16.7. The van der Waals surface area contributed by atoms with E-state index in [1.165, 1.54) is 9.13 Å². The number of carbonyl (C=O) groups is 1. The van der Waals surface area contributed by atoms with Crippen LogP contribution in [-0.2, 0) is 17.9 Å². The van der Waals surface area contributed by atoms with Crippen LogP contribution in [0.25, 0.3) is 10.9 Å². The highest BCUT2D eigenvalue weighted by Crippen LogP contribution is 2.32. The van der Waals surface area contributed by atoms with Gasteiger partial charge in [0.15, 0.2) is 11.5 Å². The third-order valence-corrected chi connectivity index (χ3v) is 5.34. The second-order valence-electron chi connectivity index (χ2n) is 7.28. The van der Waals surface area contributed by atoms with Gasteiger partial charge in [-0.2, -0.15) is 0 Å². The minimum Gasteiger partial charge on any atom is -0.454 e. The number of nitrogens with zero attached hydrogens (tertiary/aromatic N) is 2. The number of fused-ring (bicyclic) bond motifs is 2. The lowest BCUT2D eigenvalue weighted by molar-refractivity contribution is -0.121. The highest BCUT2D eigenvalue weighted by Gasteiger charge is 2.18.